The molecule has 5 heteroatoms. The summed E-state index contributed by atoms with van der Waals surface area (Å²) in [6.45, 7) is 3.99. The third-order valence-corrected chi connectivity index (χ3v) is 2.70. The lowest BCUT2D eigenvalue weighted by atomic mass is 10.1. The Morgan fingerprint density at radius 2 is 1.80 bits per heavy atom. The number of halogens is 3. The maximum atomic E-state index is 12.4. The first kappa shape index (κ1) is 16.5. The maximum Gasteiger partial charge on any atom is 0.416 e. The van der Waals surface area contributed by atoms with E-state index in [1.54, 1.807) is 0 Å². The summed E-state index contributed by atoms with van der Waals surface area (Å²) in [4.78, 5) is 2.00. The Morgan fingerprint density at radius 1 is 1.15 bits per heavy atom. The van der Waals surface area contributed by atoms with Crippen molar-refractivity contribution in [3.8, 4) is 11.8 Å². The largest absolute Gasteiger partial charge is 0.416 e. The van der Waals surface area contributed by atoms with Crippen LogP contribution in [-0.4, -0.2) is 36.2 Å². The Morgan fingerprint density at radius 3 is 2.30 bits per heavy atom. The third-order valence-electron chi connectivity index (χ3n) is 2.70. The van der Waals surface area contributed by atoms with Gasteiger partial charge in [-0.15, -0.1) is 0 Å². The first-order valence-electron chi connectivity index (χ1n) is 6.46. The summed E-state index contributed by atoms with van der Waals surface area (Å²) in [5, 5.41) is 8.89. The fourth-order valence-electron chi connectivity index (χ4n) is 1.72. The fraction of sp³-hybridized carbons (Fsp3) is 0.467. The van der Waals surface area contributed by atoms with Gasteiger partial charge in [-0.2, -0.15) is 13.2 Å². The van der Waals surface area contributed by atoms with Crippen LogP contribution in [0.1, 0.15) is 24.5 Å². The molecule has 0 saturated carbocycles. The molecule has 0 amide bonds. The smallest absolute Gasteiger partial charge is 0.395 e. The van der Waals surface area contributed by atoms with Crippen LogP contribution in [0.4, 0.5) is 13.2 Å². The molecule has 0 aliphatic heterocycles. The van der Waals surface area contributed by atoms with Crippen molar-refractivity contribution < 1.29 is 18.3 Å². The van der Waals surface area contributed by atoms with E-state index in [4.69, 9.17) is 5.11 Å². The second kappa shape index (κ2) is 7.93. The van der Waals surface area contributed by atoms with Crippen LogP contribution in [0.15, 0.2) is 24.3 Å². The summed E-state index contributed by atoms with van der Waals surface area (Å²) in [5.41, 5.74) is -0.116. The molecule has 1 aromatic rings. The van der Waals surface area contributed by atoms with E-state index in [1.165, 1.54) is 12.1 Å². The molecule has 1 N–H and O–H groups in total. The van der Waals surface area contributed by atoms with Crippen molar-refractivity contribution in [3.63, 3.8) is 0 Å². The van der Waals surface area contributed by atoms with Gasteiger partial charge in [0.25, 0.3) is 0 Å². The molecule has 0 radical (unpaired) electrons. The van der Waals surface area contributed by atoms with Gasteiger partial charge in [0, 0.05) is 12.1 Å². The molecule has 0 spiro atoms. The minimum absolute atomic E-state index is 0.0714. The quantitative estimate of drug-likeness (QED) is 0.841. The number of hydrogen-bond acceptors (Lipinski definition) is 2. The molecule has 20 heavy (non-hydrogen) atoms. The Kier molecular flexibility index (Phi) is 6.56. The molecule has 1 aromatic carbocycles. The van der Waals surface area contributed by atoms with Gasteiger partial charge in [0.1, 0.15) is 0 Å². The average Bonchev–Trinajstić information content (AvgIpc) is 2.39. The molecule has 0 aliphatic rings. The van der Waals surface area contributed by atoms with Crippen molar-refractivity contribution in [1.29, 1.82) is 0 Å². The van der Waals surface area contributed by atoms with Gasteiger partial charge in [0.05, 0.1) is 18.7 Å². The van der Waals surface area contributed by atoms with Crippen molar-refractivity contribution in [3.05, 3.63) is 35.4 Å². The highest BCUT2D eigenvalue weighted by molar-refractivity contribution is 5.37. The van der Waals surface area contributed by atoms with E-state index in [9.17, 15) is 13.2 Å². The lowest BCUT2D eigenvalue weighted by molar-refractivity contribution is -0.137. The van der Waals surface area contributed by atoms with Gasteiger partial charge < -0.3 is 5.11 Å². The minimum atomic E-state index is -4.31. The van der Waals surface area contributed by atoms with Gasteiger partial charge in [-0.05, 0) is 37.2 Å². The van der Waals surface area contributed by atoms with Crippen molar-refractivity contribution in [2.75, 3.05) is 26.2 Å². The molecule has 0 fully saturated rings. The number of alkyl halides is 3. The van der Waals surface area contributed by atoms with Crippen molar-refractivity contribution in [1.82, 2.24) is 4.90 Å². The molecule has 0 atom stereocenters. The zero-order valence-electron chi connectivity index (χ0n) is 11.4. The van der Waals surface area contributed by atoms with E-state index in [0.717, 1.165) is 25.1 Å². The van der Waals surface area contributed by atoms with E-state index >= 15 is 0 Å². The van der Waals surface area contributed by atoms with Crippen LogP contribution < -0.4 is 0 Å². The van der Waals surface area contributed by atoms with Crippen LogP contribution in [0.25, 0.3) is 0 Å². The molecule has 0 heterocycles. The van der Waals surface area contributed by atoms with Crippen LogP contribution in [-0.2, 0) is 6.18 Å². The van der Waals surface area contributed by atoms with Crippen LogP contribution in [0, 0.1) is 11.8 Å². The SMILES string of the molecule is CCCN(CC#Cc1ccc(C(F)(F)F)cc1)CCO. The van der Waals surface area contributed by atoms with Gasteiger partial charge in [-0.25, -0.2) is 0 Å². The maximum absolute atomic E-state index is 12.4. The van der Waals surface area contributed by atoms with Crippen molar-refractivity contribution >= 4 is 0 Å². The summed E-state index contributed by atoms with van der Waals surface area (Å²) in [6.07, 6.45) is -3.35. The number of rotatable bonds is 5. The topological polar surface area (TPSA) is 23.5 Å². The molecule has 0 bridgehead atoms. The highest BCUT2D eigenvalue weighted by atomic mass is 19.4. The molecule has 0 unspecified atom stereocenters. The first-order valence-corrected chi connectivity index (χ1v) is 6.46. The highest BCUT2D eigenvalue weighted by Gasteiger charge is 2.29. The number of aliphatic hydroxyl groups is 1. The van der Waals surface area contributed by atoms with Gasteiger partial charge in [0.15, 0.2) is 0 Å². The summed E-state index contributed by atoms with van der Waals surface area (Å²) in [5.74, 6) is 5.74. The van der Waals surface area contributed by atoms with Gasteiger partial charge in [-0.1, -0.05) is 18.8 Å². The molecule has 0 aromatic heterocycles. The van der Waals surface area contributed by atoms with Gasteiger partial charge in [0.2, 0.25) is 0 Å². The van der Waals surface area contributed by atoms with E-state index in [0.29, 0.717) is 18.7 Å². The summed E-state index contributed by atoms with van der Waals surface area (Å²) in [7, 11) is 0. The van der Waals surface area contributed by atoms with Crippen LogP contribution in [0.2, 0.25) is 0 Å². The van der Waals surface area contributed by atoms with Crippen LogP contribution >= 0.6 is 0 Å². The molecule has 2 nitrogen and oxygen atoms in total. The number of hydrogen-bond donors (Lipinski definition) is 1. The first-order chi connectivity index (χ1) is 9.47. The molecule has 0 aliphatic carbocycles. The van der Waals surface area contributed by atoms with Crippen LogP contribution in [0.5, 0.6) is 0 Å². The third kappa shape index (κ3) is 5.64. The monoisotopic (exact) mass is 285 g/mol. The predicted molar refractivity (Wildman–Crippen MR) is 72.1 cm³/mol. The van der Waals surface area contributed by atoms with E-state index in [2.05, 4.69) is 11.8 Å². The van der Waals surface area contributed by atoms with E-state index in [-0.39, 0.29) is 6.61 Å². The zero-order valence-corrected chi connectivity index (χ0v) is 11.4. The highest BCUT2D eigenvalue weighted by Crippen LogP contribution is 2.28. The van der Waals surface area contributed by atoms with Crippen LogP contribution in [0.3, 0.4) is 0 Å². The van der Waals surface area contributed by atoms with Gasteiger partial charge >= 0.3 is 6.18 Å². The number of benzene rings is 1. The van der Waals surface area contributed by atoms with Crippen molar-refractivity contribution in [2.24, 2.45) is 0 Å². The van der Waals surface area contributed by atoms with E-state index in [1.807, 2.05) is 11.8 Å². The molecular weight excluding hydrogens is 267 g/mol. The van der Waals surface area contributed by atoms with Crippen molar-refractivity contribution in [2.45, 2.75) is 19.5 Å². The zero-order chi connectivity index (χ0) is 15.0. The lowest BCUT2D eigenvalue weighted by Crippen LogP contribution is -2.28. The summed E-state index contributed by atoms with van der Waals surface area (Å²) < 4.78 is 37.1. The fourth-order valence-corrected chi connectivity index (χ4v) is 1.72. The second-order valence-corrected chi connectivity index (χ2v) is 4.38. The minimum Gasteiger partial charge on any atom is -0.395 e. The van der Waals surface area contributed by atoms with Gasteiger partial charge in [-0.3, -0.25) is 4.90 Å². The molecule has 0 saturated heterocycles. The lowest BCUT2D eigenvalue weighted by Gasteiger charge is -2.16. The van der Waals surface area contributed by atoms with E-state index < -0.39 is 11.7 Å². The summed E-state index contributed by atoms with van der Waals surface area (Å²) >= 11 is 0. The summed E-state index contributed by atoms with van der Waals surface area (Å²) in [6, 6.07) is 4.79. The normalized spacial score (nSPS) is 11.3. The second-order valence-electron chi connectivity index (χ2n) is 4.38. The Hall–Kier alpha value is -1.51. The Labute approximate surface area is 117 Å². The molecular formula is C15H18F3NO. The number of aliphatic hydroxyl groups excluding tert-OH is 1. The number of nitrogens with zero attached hydrogens (tertiary/aromatic N) is 1. The predicted octanol–water partition coefficient (Wildman–Crippen LogP) is 2.76. The molecule has 110 valence electrons. The standard InChI is InChI=1S/C15H18F3NO/c1-2-9-19(11-12-20)10-3-4-13-5-7-14(8-6-13)15(16,17)18/h5-8,20H,2,9-12H2,1H3. The molecule has 1 rings (SSSR count). The Balaban J connectivity index is 2.63. The Bertz CT molecular complexity index is 451. The average molecular weight is 285 g/mol.